The van der Waals surface area contributed by atoms with Gasteiger partial charge >= 0.3 is 12.3 Å². The van der Waals surface area contributed by atoms with E-state index in [-0.39, 0.29) is 18.9 Å². The van der Waals surface area contributed by atoms with Crippen molar-refractivity contribution in [2.75, 3.05) is 6.61 Å². The minimum Gasteiger partial charge on any atom is -0.466 e. The number of amidine groups is 1. The van der Waals surface area contributed by atoms with Crippen molar-refractivity contribution in [3.63, 3.8) is 0 Å². The molecule has 14 heavy (non-hydrogen) atoms. The Morgan fingerprint density at radius 2 is 2.43 bits per heavy atom. The Morgan fingerprint density at radius 3 is 2.93 bits per heavy atom. The van der Waals surface area contributed by atoms with Gasteiger partial charge in [0.1, 0.15) is 6.42 Å². The summed E-state index contributed by atoms with van der Waals surface area (Å²) >= 11 is 0. The van der Waals surface area contributed by atoms with Crippen LogP contribution in [0.5, 0.6) is 0 Å². The first kappa shape index (κ1) is 10.2. The SMILES string of the molecule is CCOC(=O)CC1=N[C@@H]([N+](=O)[O-])N=N1. The fourth-order valence-electron chi connectivity index (χ4n) is 0.815. The number of carbonyl (C=O) groups is 1. The van der Waals surface area contributed by atoms with Crippen LogP contribution in [-0.4, -0.2) is 29.6 Å². The molecule has 0 spiro atoms. The molecule has 76 valence electrons. The zero-order chi connectivity index (χ0) is 10.6. The van der Waals surface area contributed by atoms with Crippen LogP contribution < -0.4 is 0 Å². The predicted octanol–water partition coefficient (Wildman–Crippen LogP) is 0.364. The maximum Gasteiger partial charge on any atom is 0.421 e. The molecule has 0 N–H and O–H groups in total. The molecule has 1 atom stereocenters. The number of hydrogen-bond acceptors (Lipinski definition) is 7. The fourth-order valence-corrected chi connectivity index (χ4v) is 0.815. The lowest BCUT2D eigenvalue weighted by molar-refractivity contribution is -0.518. The number of rotatable bonds is 4. The summed E-state index contributed by atoms with van der Waals surface area (Å²) in [7, 11) is 0. The molecule has 0 aromatic carbocycles. The van der Waals surface area contributed by atoms with Gasteiger partial charge in [-0.2, -0.15) is 4.99 Å². The van der Waals surface area contributed by atoms with E-state index in [4.69, 9.17) is 0 Å². The molecule has 1 aliphatic heterocycles. The molecule has 0 aromatic heterocycles. The fraction of sp³-hybridized carbons (Fsp3) is 0.667. The lowest BCUT2D eigenvalue weighted by atomic mass is 10.4. The van der Waals surface area contributed by atoms with Gasteiger partial charge in [0.05, 0.1) is 11.5 Å². The van der Waals surface area contributed by atoms with Gasteiger partial charge in [0.15, 0.2) is 5.84 Å². The first-order valence-electron chi connectivity index (χ1n) is 3.90. The highest BCUT2D eigenvalue weighted by molar-refractivity contribution is 5.98. The summed E-state index contributed by atoms with van der Waals surface area (Å²) in [5.41, 5.74) is 0. The molecule has 0 saturated carbocycles. The molecule has 1 aliphatic rings. The summed E-state index contributed by atoms with van der Waals surface area (Å²) in [6.45, 7) is 1.91. The molecule has 0 radical (unpaired) electrons. The van der Waals surface area contributed by atoms with Gasteiger partial charge in [-0.25, -0.2) is 0 Å². The van der Waals surface area contributed by atoms with Crippen molar-refractivity contribution < 1.29 is 14.5 Å². The lowest BCUT2D eigenvalue weighted by Crippen LogP contribution is -2.13. The van der Waals surface area contributed by atoms with Crippen molar-refractivity contribution in [1.29, 1.82) is 0 Å². The van der Waals surface area contributed by atoms with E-state index in [1.54, 1.807) is 6.92 Å². The minimum absolute atomic E-state index is 0.0325. The normalized spacial score (nSPS) is 19.2. The summed E-state index contributed by atoms with van der Waals surface area (Å²) in [5, 5.41) is 16.8. The number of nitro groups is 1. The summed E-state index contributed by atoms with van der Waals surface area (Å²) < 4.78 is 4.61. The van der Waals surface area contributed by atoms with Gasteiger partial charge in [-0.05, 0) is 6.92 Å². The number of nitrogens with zero attached hydrogens (tertiary/aromatic N) is 4. The Balaban J connectivity index is 2.49. The Kier molecular flexibility index (Phi) is 3.21. The molecule has 0 aromatic rings. The van der Waals surface area contributed by atoms with E-state index in [2.05, 4.69) is 20.0 Å². The van der Waals surface area contributed by atoms with Gasteiger partial charge in [0.2, 0.25) is 0 Å². The molecule has 0 aliphatic carbocycles. The molecule has 0 bridgehead atoms. The quantitative estimate of drug-likeness (QED) is 0.371. The van der Waals surface area contributed by atoms with E-state index < -0.39 is 17.2 Å². The standard InChI is InChI=1S/C6H8N4O4/c1-2-14-5(11)3-4-7-6(9-8-4)10(12)13/h6H,2-3H2,1H3/t6-/m1/s1. The number of aliphatic imine (C=N–C) groups is 1. The van der Waals surface area contributed by atoms with E-state index in [0.29, 0.717) is 0 Å². The van der Waals surface area contributed by atoms with Gasteiger partial charge in [-0.3, -0.25) is 14.9 Å². The second-order valence-electron chi connectivity index (χ2n) is 2.37. The molecule has 0 amide bonds. The predicted molar refractivity (Wildman–Crippen MR) is 44.3 cm³/mol. The molecule has 8 heteroatoms. The van der Waals surface area contributed by atoms with Crippen LogP contribution in [0.3, 0.4) is 0 Å². The lowest BCUT2D eigenvalue weighted by Gasteiger charge is -1.97. The van der Waals surface area contributed by atoms with Gasteiger partial charge in [0.25, 0.3) is 0 Å². The Labute approximate surface area is 78.8 Å². The molecule has 1 rings (SSSR count). The summed E-state index contributed by atoms with van der Waals surface area (Å²) in [5.74, 6) is -0.487. The van der Waals surface area contributed by atoms with Gasteiger partial charge in [0, 0.05) is 0 Å². The number of ether oxygens (including phenoxy) is 1. The highest BCUT2D eigenvalue weighted by Gasteiger charge is 2.24. The zero-order valence-corrected chi connectivity index (χ0v) is 7.41. The third-order valence-corrected chi connectivity index (χ3v) is 1.34. The van der Waals surface area contributed by atoms with Crippen LogP contribution in [0.25, 0.3) is 0 Å². The van der Waals surface area contributed by atoms with Crippen LogP contribution in [-0.2, 0) is 9.53 Å². The molecule has 1 heterocycles. The summed E-state index contributed by atoms with van der Waals surface area (Å²) in [6.07, 6.45) is -1.58. The Hall–Kier alpha value is -1.86. The summed E-state index contributed by atoms with van der Waals surface area (Å²) in [6, 6.07) is 0. The van der Waals surface area contributed by atoms with Crippen LogP contribution >= 0.6 is 0 Å². The maximum absolute atomic E-state index is 10.9. The molecular formula is C6H8N4O4. The van der Waals surface area contributed by atoms with Gasteiger partial charge in [-0.15, -0.1) is 5.11 Å². The minimum atomic E-state index is -1.40. The molecule has 8 nitrogen and oxygen atoms in total. The third-order valence-electron chi connectivity index (χ3n) is 1.34. The number of esters is 1. The van der Waals surface area contributed by atoms with E-state index >= 15 is 0 Å². The van der Waals surface area contributed by atoms with Crippen LogP contribution in [0, 0.1) is 10.1 Å². The van der Waals surface area contributed by atoms with E-state index in [9.17, 15) is 14.9 Å². The van der Waals surface area contributed by atoms with Crippen molar-refractivity contribution >= 4 is 11.8 Å². The van der Waals surface area contributed by atoms with E-state index in [1.165, 1.54) is 0 Å². The smallest absolute Gasteiger partial charge is 0.421 e. The molecular weight excluding hydrogens is 192 g/mol. The molecule has 0 unspecified atom stereocenters. The Morgan fingerprint density at radius 1 is 1.71 bits per heavy atom. The molecule has 0 saturated heterocycles. The average molecular weight is 200 g/mol. The first-order chi connectivity index (χ1) is 6.63. The van der Waals surface area contributed by atoms with Gasteiger partial charge in [-0.1, -0.05) is 5.11 Å². The van der Waals surface area contributed by atoms with Crippen molar-refractivity contribution in [1.82, 2.24) is 0 Å². The van der Waals surface area contributed by atoms with Crippen LogP contribution in [0.15, 0.2) is 15.2 Å². The molecule has 0 fully saturated rings. The van der Waals surface area contributed by atoms with E-state index in [0.717, 1.165) is 0 Å². The third kappa shape index (κ3) is 2.57. The average Bonchev–Trinajstić information content (AvgIpc) is 2.53. The zero-order valence-electron chi connectivity index (χ0n) is 7.41. The highest BCUT2D eigenvalue weighted by Crippen LogP contribution is 2.08. The first-order valence-corrected chi connectivity index (χ1v) is 3.90. The monoisotopic (exact) mass is 200 g/mol. The highest BCUT2D eigenvalue weighted by atomic mass is 16.6. The van der Waals surface area contributed by atoms with Crippen molar-refractivity contribution in [3.8, 4) is 0 Å². The Bertz CT molecular complexity index is 311. The van der Waals surface area contributed by atoms with Gasteiger partial charge < -0.3 is 4.74 Å². The van der Waals surface area contributed by atoms with Crippen LogP contribution in [0.4, 0.5) is 0 Å². The van der Waals surface area contributed by atoms with Crippen molar-refractivity contribution in [3.05, 3.63) is 10.1 Å². The number of hydrogen-bond donors (Lipinski definition) is 0. The van der Waals surface area contributed by atoms with E-state index in [1.807, 2.05) is 0 Å². The second kappa shape index (κ2) is 4.40. The summed E-state index contributed by atoms with van der Waals surface area (Å²) in [4.78, 5) is 23.9. The number of azo groups is 1. The topological polar surface area (TPSA) is 107 Å². The number of carbonyl (C=O) groups excluding carboxylic acids is 1. The maximum atomic E-state index is 10.9. The van der Waals surface area contributed by atoms with Crippen LogP contribution in [0.1, 0.15) is 13.3 Å². The van der Waals surface area contributed by atoms with Crippen LogP contribution in [0.2, 0.25) is 0 Å². The largest absolute Gasteiger partial charge is 0.466 e. The van der Waals surface area contributed by atoms with Crippen molar-refractivity contribution in [2.45, 2.75) is 19.6 Å². The second-order valence-corrected chi connectivity index (χ2v) is 2.37. The van der Waals surface area contributed by atoms with Crippen molar-refractivity contribution in [2.24, 2.45) is 15.2 Å².